The molecule has 0 saturated carbocycles. The number of rotatable bonds is 6. The maximum absolute atomic E-state index is 10.1. The van der Waals surface area contributed by atoms with Crippen LogP contribution in [0.25, 0.3) is 0 Å². The highest BCUT2D eigenvalue weighted by molar-refractivity contribution is 5.64. The summed E-state index contributed by atoms with van der Waals surface area (Å²) in [7, 11) is 0. The van der Waals surface area contributed by atoms with Gasteiger partial charge in [-0.05, 0) is 25.7 Å². The van der Waals surface area contributed by atoms with Crippen LogP contribution in [0.3, 0.4) is 0 Å². The zero-order valence-corrected chi connectivity index (χ0v) is 6.71. The molecule has 0 spiro atoms. The van der Waals surface area contributed by atoms with Crippen molar-refractivity contribution in [2.24, 2.45) is 5.73 Å². The molecule has 0 rings (SSSR count). The van der Waals surface area contributed by atoms with Gasteiger partial charge in [-0.1, -0.05) is 6.08 Å². The second-order valence-electron chi connectivity index (χ2n) is 2.31. The number of hydrogen-bond donors (Lipinski definition) is 1. The SMILES string of the molecule is C=CCCCCCOC(N)=O. The summed E-state index contributed by atoms with van der Waals surface area (Å²) in [5, 5.41) is 0. The number of primary amides is 1. The number of carbonyl (C=O) groups excluding carboxylic acids is 1. The number of amides is 1. The first-order valence-electron chi connectivity index (χ1n) is 3.80. The van der Waals surface area contributed by atoms with E-state index >= 15 is 0 Å². The first-order valence-corrected chi connectivity index (χ1v) is 3.80. The molecule has 1 amide bonds. The first kappa shape index (κ1) is 10.0. The molecule has 3 nitrogen and oxygen atoms in total. The Morgan fingerprint density at radius 3 is 2.73 bits per heavy atom. The monoisotopic (exact) mass is 157 g/mol. The molecule has 0 atom stereocenters. The van der Waals surface area contributed by atoms with Crippen LogP contribution < -0.4 is 5.73 Å². The first-order chi connectivity index (χ1) is 5.27. The second kappa shape index (κ2) is 7.12. The van der Waals surface area contributed by atoms with E-state index < -0.39 is 6.09 Å². The van der Waals surface area contributed by atoms with Gasteiger partial charge in [-0.15, -0.1) is 6.58 Å². The average Bonchev–Trinajstić information content (AvgIpc) is 1.96. The topological polar surface area (TPSA) is 52.3 Å². The van der Waals surface area contributed by atoms with Crippen LogP contribution in [0.15, 0.2) is 12.7 Å². The summed E-state index contributed by atoms with van der Waals surface area (Å²) in [6.07, 6.45) is 5.27. The van der Waals surface area contributed by atoms with Gasteiger partial charge >= 0.3 is 6.09 Å². The Balaban J connectivity index is 2.90. The lowest BCUT2D eigenvalue weighted by atomic mass is 10.2. The van der Waals surface area contributed by atoms with Gasteiger partial charge in [0.25, 0.3) is 0 Å². The maximum Gasteiger partial charge on any atom is 0.404 e. The number of nitrogens with two attached hydrogens (primary N) is 1. The molecule has 0 saturated heterocycles. The van der Waals surface area contributed by atoms with E-state index in [4.69, 9.17) is 5.73 Å². The van der Waals surface area contributed by atoms with E-state index in [0.29, 0.717) is 6.61 Å². The predicted molar refractivity (Wildman–Crippen MR) is 44.2 cm³/mol. The molecule has 0 aromatic rings. The van der Waals surface area contributed by atoms with Crippen LogP contribution in [0.1, 0.15) is 25.7 Å². The molecule has 11 heavy (non-hydrogen) atoms. The molecule has 0 aromatic carbocycles. The minimum absolute atomic E-state index is 0.437. The standard InChI is InChI=1S/C8H15NO2/c1-2-3-4-5-6-7-11-8(9)10/h2H,1,3-7H2,(H2,9,10). The third kappa shape index (κ3) is 9.01. The van der Waals surface area contributed by atoms with E-state index in [1.807, 2.05) is 6.08 Å². The minimum Gasteiger partial charge on any atom is -0.450 e. The highest BCUT2D eigenvalue weighted by Crippen LogP contribution is 1.99. The van der Waals surface area contributed by atoms with Gasteiger partial charge in [0.2, 0.25) is 0 Å². The highest BCUT2D eigenvalue weighted by atomic mass is 16.5. The van der Waals surface area contributed by atoms with Gasteiger partial charge in [-0.25, -0.2) is 4.79 Å². The number of allylic oxidation sites excluding steroid dienone is 1. The molecule has 0 radical (unpaired) electrons. The number of carbonyl (C=O) groups is 1. The molecule has 0 aliphatic heterocycles. The molecular weight excluding hydrogens is 142 g/mol. The lowest BCUT2D eigenvalue weighted by Crippen LogP contribution is -2.13. The van der Waals surface area contributed by atoms with E-state index in [1.54, 1.807) is 0 Å². The molecule has 2 N–H and O–H groups in total. The molecule has 0 aliphatic rings. The third-order valence-electron chi connectivity index (χ3n) is 1.30. The number of hydrogen-bond acceptors (Lipinski definition) is 2. The quantitative estimate of drug-likeness (QED) is 0.472. The van der Waals surface area contributed by atoms with E-state index in [9.17, 15) is 4.79 Å². The van der Waals surface area contributed by atoms with Crippen molar-refractivity contribution >= 4 is 6.09 Å². The minimum atomic E-state index is -0.686. The van der Waals surface area contributed by atoms with Crippen molar-refractivity contribution in [3.63, 3.8) is 0 Å². The molecular formula is C8H15NO2. The third-order valence-corrected chi connectivity index (χ3v) is 1.30. The van der Waals surface area contributed by atoms with E-state index in [2.05, 4.69) is 11.3 Å². The fraction of sp³-hybridized carbons (Fsp3) is 0.625. The predicted octanol–water partition coefficient (Wildman–Crippen LogP) is 1.83. The summed E-state index contributed by atoms with van der Waals surface area (Å²) in [5.41, 5.74) is 4.76. The van der Waals surface area contributed by atoms with Gasteiger partial charge in [0, 0.05) is 0 Å². The molecule has 0 aliphatic carbocycles. The molecule has 0 aromatic heterocycles. The lowest BCUT2D eigenvalue weighted by molar-refractivity contribution is 0.154. The van der Waals surface area contributed by atoms with Gasteiger partial charge in [0.05, 0.1) is 6.61 Å². The van der Waals surface area contributed by atoms with Crippen LogP contribution in [0.4, 0.5) is 4.79 Å². The van der Waals surface area contributed by atoms with Crippen LogP contribution >= 0.6 is 0 Å². The summed E-state index contributed by atoms with van der Waals surface area (Å²) >= 11 is 0. The van der Waals surface area contributed by atoms with Crippen molar-refractivity contribution in [3.8, 4) is 0 Å². The molecule has 0 fully saturated rings. The molecule has 3 heteroatoms. The number of ether oxygens (including phenoxy) is 1. The molecule has 0 bridgehead atoms. The van der Waals surface area contributed by atoms with Gasteiger partial charge in [-0.2, -0.15) is 0 Å². The summed E-state index contributed by atoms with van der Waals surface area (Å²) in [4.78, 5) is 10.1. The van der Waals surface area contributed by atoms with Gasteiger partial charge in [0.15, 0.2) is 0 Å². The normalized spacial score (nSPS) is 9.09. The van der Waals surface area contributed by atoms with Crippen molar-refractivity contribution < 1.29 is 9.53 Å². The van der Waals surface area contributed by atoms with Crippen molar-refractivity contribution in [2.45, 2.75) is 25.7 Å². The summed E-state index contributed by atoms with van der Waals surface area (Å²) in [5.74, 6) is 0. The Morgan fingerprint density at radius 2 is 2.18 bits per heavy atom. The summed E-state index contributed by atoms with van der Waals surface area (Å²) in [6.45, 7) is 4.04. The van der Waals surface area contributed by atoms with Crippen LogP contribution in [0, 0.1) is 0 Å². The second-order valence-corrected chi connectivity index (χ2v) is 2.31. The molecule has 0 heterocycles. The van der Waals surface area contributed by atoms with Gasteiger partial charge in [0.1, 0.15) is 0 Å². The van der Waals surface area contributed by atoms with E-state index in [1.165, 1.54) is 0 Å². The fourth-order valence-corrected chi connectivity index (χ4v) is 0.740. The Labute approximate surface area is 67.2 Å². The van der Waals surface area contributed by atoms with Crippen LogP contribution in [-0.4, -0.2) is 12.7 Å². The molecule has 0 unspecified atom stereocenters. The average molecular weight is 157 g/mol. The smallest absolute Gasteiger partial charge is 0.404 e. The van der Waals surface area contributed by atoms with Crippen molar-refractivity contribution in [3.05, 3.63) is 12.7 Å². The van der Waals surface area contributed by atoms with E-state index in [-0.39, 0.29) is 0 Å². The Hall–Kier alpha value is -0.990. The fourth-order valence-electron chi connectivity index (χ4n) is 0.740. The van der Waals surface area contributed by atoms with Crippen LogP contribution in [-0.2, 0) is 4.74 Å². The Kier molecular flexibility index (Phi) is 6.48. The molecule has 64 valence electrons. The van der Waals surface area contributed by atoms with Crippen molar-refractivity contribution in [1.82, 2.24) is 0 Å². The van der Waals surface area contributed by atoms with Gasteiger partial charge < -0.3 is 10.5 Å². The van der Waals surface area contributed by atoms with Crippen molar-refractivity contribution in [1.29, 1.82) is 0 Å². The Bertz CT molecular complexity index is 123. The Morgan fingerprint density at radius 1 is 1.45 bits per heavy atom. The zero-order chi connectivity index (χ0) is 8.53. The lowest BCUT2D eigenvalue weighted by Gasteiger charge is -1.99. The largest absolute Gasteiger partial charge is 0.450 e. The van der Waals surface area contributed by atoms with Crippen LogP contribution in [0.5, 0.6) is 0 Å². The number of unbranched alkanes of at least 4 members (excludes halogenated alkanes) is 3. The summed E-state index contributed by atoms with van der Waals surface area (Å²) in [6, 6.07) is 0. The zero-order valence-electron chi connectivity index (χ0n) is 6.71. The maximum atomic E-state index is 10.1. The van der Waals surface area contributed by atoms with Crippen LogP contribution in [0.2, 0.25) is 0 Å². The van der Waals surface area contributed by atoms with Crippen molar-refractivity contribution in [2.75, 3.05) is 6.61 Å². The van der Waals surface area contributed by atoms with E-state index in [0.717, 1.165) is 25.7 Å². The highest BCUT2D eigenvalue weighted by Gasteiger charge is 1.92. The summed E-state index contributed by atoms with van der Waals surface area (Å²) < 4.78 is 4.54. The van der Waals surface area contributed by atoms with Gasteiger partial charge in [-0.3, -0.25) is 0 Å².